The third kappa shape index (κ3) is 4.21. The lowest BCUT2D eigenvalue weighted by Gasteiger charge is -2.23. The number of amides is 2. The van der Waals surface area contributed by atoms with Crippen molar-refractivity contribution in [1.29, 1.82) is 0 Å². The molecule has 0 bridgehead atoms. The van der Waals surface area contributed by atoms with E-state index in [1.165, 1.54) is 23.5 Å². The number of fused-ring (bicyclic) bond motifs is 1. The van der Waals surface area contributed by atoms with E-state index in [9.17, 15) is 14.0 Å². The van der Waals surface area contributed by atoms with Gasteiger partial charge in [-0.25, -0.2) is 9.37 Å². The molecule has 2 aromatic carbocycles. The lowest BCUT2D eigenvalue weighted by molar-refractivity contribution is 0.0276. The van der Waals surface area contributed by atoms with E-state index in [0.29, 0.717) is 41.6 Å². The zero-order valence-corrected chi connectivity index (χ0v) is 18.8. The van der Waals surface area contributed by atoms with Crippen LogP contribution < -0.4 is 10.1 Å². The quantitative estimate of drug-likeness (QED) is 0.622. The average molecular weight is 468 g/mol. The van der Waals surface area contributed by atoms with Gasteiger partial charge in [-0.1, -0.05) is 24.3 Å². The fraction of sp³-hybridized carbons (Fsp3) is 0.292. The molecule has 2 aliphatic rings. The predicted molar refractivity (Wildman–Crippen MR) is 121 cm³/mol. The number of benzene rings is 2. The molecule has 170 valence electrons. The molecule has 2 aliphatic heterocycles. The summed E-state index contributed by atoms with van der Waals surface area (Å²) in [6.45, 7) is 3.29. The molecule has 3 heterocycles. The summed E-state index contributed by atoms with van der Waals surface area (Å²) in [5.41, 5.74) is 2.53. The number of thiazole rings is 1. The number of hydrogen-bond acceptors (Lipinski definition) is 6. The molecular weight excluding hydrogens is 445 g/mol. The average Bonchev–Trinajstić information content (AvgIpc) is 3.56. The first-order chi connectivity index (χ1) is 16.0. The van der Waals surface area contributed by atoms with E-state index in [-0.39, 0.29) is 24.2 Å². The van der Waals surface area contributed by atoms with Crippen molar-refractivity contribution < 1.29 is 23.5 Å². The van der Waals surface area contributed by atoms with E-state index < -0.39 is 6.23 Å². The molecule has 1 unspecified atom stereocenters. The minimum absolute atomic E-state index is 0.142. The smallest absolute Gasteiger partial charge is 0.276 e. The second-order valence-electron chi connectivity index (χ2n) is 7.84. The molecule has 0 saturated carbocycles. The van der Waals surface area contributed by atoms with Gasteiger partial charge in [-0.15, -0.1) is 11.3 Å². The maximum absolute atomic E-state index is 13.4. The number of para-hydroxylation sites is 1. The third-order valence-electron chi connectivity index (χ3n) is 5.69. The Bertz CT molecular complexity index is 1210. The number of hydrogen-bond donors (Lipinski definition) is 1. The van der Waals surface area contributed by atoms with Crippen molar-refractivity contribution in [3.63, 3.8) is 0 Å². The van der Waals surface area contributed by atoms with Gasteiger partial charge in [0.2, 0.25) is 0 Å². The van der Waals surface area contributed by atoms with E-state index in [1.807, 2.05) is 19.1 Å². The molecule has 1 fully saturated rings. The van der Waals surface area contributed by atoms with Crippen LogP contribution in [0, 0.1) is 12.7 Å². The first kappa shape index (κ1) is 21.5. The fourth-order valence-corrected chi connectivity index (χ4v) is 5.01. The van der Waals surface area contributed by atoms with Gasteiger partial charge in [-0.3, -0.25) is 9.59 Å². The SMILES string of the molecule is Cc1nc(C(=O)N2CCOC2CNC(=O)c2cccc3c2OCC3)c(-c2ccc(F)cc2)s1. The lowest BCUT2D eigenvalue weighted by Crippen LogP contribution is -2.44. The van der Waals surface area contributed by atoms with Gasteiger partial charge in [0.1, 0.15) is 23.5 Å². The number of aromatic nitrogens is 1. The summed E-state index contributed by atoms with van der Waals surface area (Å²) in [7, 11) is 0. The Morgan fingerprint density at radius 3 is 2.85 bits per heavy atom. The topological polar surface area (TPSA) is 80.8 Å². The van der Waals surface area contributed by atoms with Crippen LogP contribution in [0.1, 0.15) is 31.4 Å². The number of carbonyl (C=O) groups excluding carboxylic acids is 2. The zero-order valence-electron chi connectivity index (χ0n) is 18.0. The maximum atomic E-state index is 13.4. The van der Waals surface area contributed by atoms with Crippen LogP contribution in [0.4, 0.5) is 4.39 Å². The number of nitrogens with one attached hydrogen (secondary N) is 1. The highest BCUT2D eigenvalue weighted by atomic mass is 32.1. The molecule has 1 saturated heterocycles. The summed E-state index contributed by atoms with van der Waals surface area (Å²) in [5, 5.41) is 3.60. The highest BCUT2D eigenvalue weighted by Crippen LogP contribution is 2.32. The molecular formula is C24H22FN3O4S. The molecule has 3 aromatic rings. The second kappa shape index (κ2) is 8.92. The Labute approximate surface area is 194 Å². The number of ether oxygens (including phenoxy) is 2. The fourth-order valence-electron chi connectivity index (χ4n) is 4.10. The normalized spacial score (nSPS) is 17.0. The summed E-state index contributed by atoms with van der Waals surface area (Å²) in [4.78, 5) is 32.9. The highest BCUT2D eigenvalue weighted by Gasteiger charge is 2.34. The van der Waals surface area contributed by atoms with Crippen LogP contribution >= 0.6 is 11.3 Å². The molecule has 0 spiro atoms. The Balaban J connectivity index is 1.31. The van der Waals surface area contributed by atoms with Gasteiger partial charge in [0, 0.05) is 13.0 Å². The van der Waals surface area contributed by atoms with Crippen molar-refractivity contribution in [3.05, 3.63) is 70.1 Å². The Hall–Kier alpha value is -3.30. The van der Waals surface area contributed by atoms with Gasteiger partial charge < -0.3 is 19.7 Å². The zero-order chi connectivity index (χ0) is 22.9. The van der Waals surface area contributed by atoms with E-state index in [1.54, 1.807) is 23.1 Å². The van der Waals surface area contributed by atoms with Gasteiger partial charge in [0.25, 0.3) is 11.8 Å². The van der Waals surface area contributed by atoms with Crippen molar-refractivity contribution in [1.82, 2.24) is 15.2 Å². The Morgan fingerprint density at radius 1 is 1.21 bits per heavy atom. The van der Waals surface area contributed by atoms with Crippen LogP contribution in [0.2, 0.25) is 0 Å². The molecule has 33 heavy (non-hydrogen) atoms. The van der Waals surface area contributed by atoms with Crippen molar-refractivity contribution in [3.8, 4) is 16.2 Å². The van der Waals surface area contributed by atoms with E-state index in [2.05, 4.69) is 10.3 Å². The summed E-state index contributed by atoms with van der Waals surface area (Å²) in [6, 6.07) is 11.5. The van der Waals surface area contributed by atoms with Crippen molar-refractivity contribution in [2.45, 2.75) is 19.6 Å². The molecule has 9 heteroatoms. The summed E-state index contributed by atoms with van der Waals surface area (Å²) in [6.07, 6.45) is 0.177. The standard InChI is InChI=1S/C24H22FN3O4S/c1-14-27-20(22(33-14)16-5-7-17(25)8-6-16)24(30)28-10-12-31-19(28)13-26-23(29)18-4-2-3-15-9-11-32-21(15)18/h2-8,19H,9-13H2,1H3,(H,26,29). The molecule has 1 N–H and O–H groups in total. The molecule has 0 radical (unpaired) electrons. The summed E-state index contributed by atoms with van der Waals surface area (Å²) < 4.78 is 24.7. The molecule has 0 aliphatic carbocycles. The number of carbonyl (C=O) groups is 2. The van der Waals surface area contributed by atoms with E-state index in [0.717, 1.165) is 22.6 Å². The summed E-state index contributed by atoms with van der Waals surface area (Å²) in [5.74, 6) is -0.268. The van der Waals surface area contributed by atoms with Gasteiger partial charge in [-0.05, 0) is 36.2 Å². The molecule has 2 amide bonds. The second-order valence-corrected chi connectivity index (χ2v) is 9.05. The minimum atomic E-state index is -0.609. The third-order valence-corrected chi connectivity index (χ3v) is 6.71. The van der Waals surface area contributed by atoms with Crippen molar-refractivity contribution >= 4 is 23.2 Å². The van der Waals surface area contributed by atoms with Crippen LogP contribution in [-0.4, -0.2) is 54.2 Å². The van der Waals surface area contributed by atoms with Crippen LogP contribution in [0.15, 0.2) is 42.5 Å². The van der Waals surface area contributed by atoms with Gasteiger partial charge in [-0.2, -0.15) is 0 Å². The van der Waals surface area contributed by atoms with Gasteiger partial charge in [0.15, 0.2) is 0 Å². The molecule has 1 aromatic heterocycles. The first-order valence-corrected chi connectivity index (χ1v) is 11.5. The molecule has 7 nitrogen and oxygen atoms in total. The molecule has 1 atom stereocenters. The number of nitrogens with zero attached hydrogens (tertiary/aromatic N) is 2. The van der Waals surface area contributed by atoms with Crippen molar-refractivity contribution in [2.24, 2.45) is 0 Å². The van der Waals surface area contributed by atoms with E-state index >= 15 is 0 Å². The summed E-state index contributed by atoms with van der Waals surface area (Å²) >= 11 is 1.38. The number of rotatable bonds is 5. The monoisotopic (exact) mass is 467 g/mol. The Kier molecular flexibility index (Phi) is 5.82. The van der Waals surface area contributed by atoms with Crippen LogP contribution in [-0.2, 0) is 11.2 Å². The van der Waals surface area contributed by atoms with Crippen molar-refractivity contribution in [2.75, 3.05) is 26.3 Å². The first-order valence-electron chi connectivity index (χ1n) is 10.7. The van der Waals surface area contributed by atoms with Gasteiger partial charge in [0.05, 0.1) is 35.2 Å². The lowest BCUT2D eigenvalue weighted by atomic mass is 10.1. The minimum Gasteiger partial charge on any atom is -0.492 e. The van der Waals surface area contributed by atoms with E-state index in [4.69, 9.17) is 9.47 Å². The number of aryl methyl sites for hydroxylation is 1. The number of halogens is 1. The maximum Gasteiger partial charge on any atom is 0.276 e. The Morgan fingerprint density at radius 2 is 2.03 bits per heavy atom. The highest BCUT2D eigenvalue weighted by molar-refractivity contribution is 7.15. The molecule has 5 rings (SSSR count). The largest absolute Gasteiger partial charge is 0.492 e. The van der Waals surface area contributed by atoms with Crippen LogP contribution in [0.3, 0.4) is 0 Å². The van der Waals surface area contributed by atoms with Crippen LogP contribution in [0.5, 0.6) is 5.75 Å². The van der Waals surface area contributed by atoms with Gasteiger partial charge >= 0.3 is 0 Å². The predicted octanol–water partition coefficient (Wildman–Crippen LogP) is 3.42. The van der Waals surface area contributed by atoms with Crippen LogP contribution in [0.25, 0.3) is 10.4 Å².